The molecule has 7 heteroatoms. The summed E-state index contributed by atoms with van der Waals surface area (Å²) in [6.07, 6.45) is 0. The van der Waals surface area contributed by atoms with Gasteiger partial charge in [0.2, 0.25) is 0 Å². The molecule has 0 aliphatic carbocycles. The Morgan fingerprint density at radius 2 is 1.77 bits per heavy atom. The van der Waals surface area contributed by atoms with E-state index < -0.39 is 9.84 Å². The fourth-order valence-electron chi connectivity index (χ4n) is 2.45. The third kappa shape index (κ3) is 4.81. The van der Waals surface area contributed by atoms with Gasteiger partial charge in [-0.1, -0.05) is 30.3 Å². The van der Waals surface area contributed by atoms with E-state index in [4.69, 9.17) is 0 Å². The number of halogens is 1. The van der Waals surface area contributed by atoms with Crippen molar-refractivity contribution >= 4 is 43.0 Å². The number of sulfone groups is 1. The summed E-state index contributed by atoms with van der Waals surface area (Å²) < 4.78 is 26.0. The fourth-order valence-corrected chi connectivity index (χ4v) is 5.23. The molecule has 0 saturated heterocycles. The van der Waals surface area contributed by atoms with Crippen LogP contribution in [0.25, 0.3) is 0 Å². The van der Waals surface area contributed by atoms with Crippen LogP contribution >= 0.6 is 27.3 Å². The van der Waals surface area contributed by atoms with Gasteiger partial charge in [-0.15, -0.1) is 11.3 Å². The van der Waals surface area contributed by atoms with Crippen molar-refractivity contribution < 1.29 is 13.2 Å². The van der Waals surface area contributed by atoms with E-state index in [9.17, 15) is 13.2 Å². The topological polar surface area (TPSA) is 63.2 Å². The van der Waals surface area contributed by atoms with Crippen LogP contribution in [-0.4, -0.2) is 14.3 Å². The molecule has 0 atom stereocenters. The number of amides is 1. The van der Waals surface area contributed by atoms with Crippen molar-refractivity contribution in [2.75, 3.05) is 0 Å². The lowest BCUT2D eigenvalue weighted by molar-refractivity contribution is 0.0951. The summed E-state index contributed by atoms with van der Waals surface area (Å²) >= 11 is 4.95. The summed E-state index contributed by atoms with van der Waals surface area (Å²) in [6.45, 7) is 0.432. The van der Waals surface area contributed by atoms with Gasteiger partial charge in [-0.2, -0.15) is 0 Å². The molecule has 4 nitrogen and oxygen atoms in total. The van der Waals surface area contributed by atoms with Crippen molar-refractivity contribution in [2.24, 2.45) is 0 Å². The minimum atomic E-state index is -3.44. The predicted molar refractivity (Wildman–Crippen MR) is 107 cm³/mol. The highest BCUT2D eigenvalue weighted by atomic mass is 79.9. The third-order valence-corrected chi connectivity index (χ3v) is 7.03. The lowest BCUT2D eigenvalue weighted by atomic mass is 10.1. The lowest BCUT2D eigenvalue weighted by Crippen LogP contribution is -2.22. The zero-order valence-corrected chi connectivity index (χ0v) is 16.9. The predicted octanol–water partition coefficient (Wildman–Crippen LogP) is 4.41. The lowest BCUT2D eigenvalue weighted by Gasteiger charge is -2.08. The standard InChI is InChI=1S/C19H16BrNO3S2/c20-18-10-9-16(25-18)12-21-19(22)15-6-4-5-14(11-15)13-26(23,24)17-7-2-1-3-8-17/h1-11H,12-13H2,(H,21,22). The molecule has 3 aromatic rings. The van der Waals surface area contributed by atoms with E-state index in [2.05, 4.69) is 21.2 Å². The normalized spacial score (nSPS) is 11.3. The highest BCUT2D eigenvalue weighted by Crippen LogP contribution is 2.22. The number of carbonyl (C=O) groups is 1. The molecular formula is C19H16BrNO3S2. The van der Waals surface area contributed by atoms with E-state index in [-0.39, 0.29) is 16.6 Å². The highest BCUT2D eigenvalue weighted by molar-refractivity contribution is 9.11. The van der Waals surface area contributed by atoms with Gasteiger partial charge in [0.05, 0.1) is 21.0 Å². The minimum Gasteiger partial charge on any atom is -0.347 e. The fraction of sp³-hybridized carbons (Fsp3) is 0.105. The van der Waals surface area contributed by atoms with Gasteiger partial charge in [0.1, 0.15) is 0 Å². The third-order valence-electron chi connectivity index (χ3n) is 3.70. The Hall–Kier alpha value is -1.96. The van der Waals surface area contributed by atoms with Crippen molar-refractivity contribution in [2.45, 2.75) is 17.2 Å². The van der Waals surface area contributed by atoms with Crippen molar-refractivity contribution in [1.29, 1.82) is 0 Å². The number of benzene rings is 2. The Morgan fingerprint density at radius 1 is 1.00 bits per heavy atom. The first-order chi connectivity index (χ1) is 12.4. The molecule has 0 spiro atoms. The largest absolute Gasteiger partial charge is 0.347 e. The second-order valence-electron chi connectivity index (χ2n) is 5.66. The van der Waals surface area contributed by atoms with Gasteiger partial charge in [0.15, 0.2) is 9.84 Å². The van der Waals surface area contributed by atoms with Gasteiger partial charge in [-0.25, -0.2) is 8.42 Å². The van der Waals surface area contributed by atoms with Gasteiger partial charge in [0, 0.05) is 10.4 Å². The Labute approximate surface area is 164 Å². The van der Waals surface area contributed by atoms with Gasteiger partial charge in [-0.3, -0.25) is 4.79 Å². The number of hydrogen-bond donors (Lipinski definition) is 1. The van der Waals surface area contributed by atoms with Gasteiger partial charge in [-0.05, 0) is 57.9 Å². The molecule has 1 amide bonds. The molecule has 0 saturated carbocycles. The molecule has 0 bridgehead atoms. The Bertz CT molecular complexity index is 1010. The number of thiophene rings is 1. The van der Waals surface area contributed by atoms with Crippen LogP contribution in [-0.2, 0) is 22.1 Å². The smallest absolute Gasteiger partial charge is 0.251 e. The second-order valence-corrected chi connectivity index (χ2v) is 10.2. The van der Waals surface area contributed by atoms with E-state index in [1.54, 1.807) is 65.9 Å². The van der Waals surface area contributed by atoms with Crippen LogP contribution in [0.3, 0.4) is 0 Å². The summed E-state index contributed by atoms with van der Waals surface area (Å²) in [5, 5.41) is 2.85. The molecular weight excluding hydrogens is 434 g/mol. The molecule has 1 aromatic heterocycles. The van der Waals surface area contributed by atoms with Crippen molar-refractivity contribution in [1.82, 2.24) is 5.32 Å². The summed E-state index contributed by atoms with van der Waals surface area (Å²) in [5.41, 5.74) is 1.03. The van der Waals surface area contributed by atoms with E-state index in [0.717, 1.165) is 8.66 Å². The van der Waals surface area contributed by atoms with Crippen LogP contribution in [0.15, 0.2) is 75.4 Å². The number of rotatable bonds is 6. The van der Waals surface area contributed by atoms with E-state index in [1.807, 2.05) is 12.1 Å². The van der Waals surface area contributed by atoms with Gasteiger partial charge in [0.25, 0.3) is 5.91 Å². The number of carbonyl (C=O) groups excluding carboxylic acids is 1. The number of nitrogens with one attached hydrogen (secondary N) is 1. The van der Waals surface area contributed by atoms with Gasteiger partial charge < -0.3 is 5.32 Å². The quantitative estimate of drug-likeness (QED) is 0.605. The second kappa shape index (κ2) is 8.16. The minimum absolute atomic E-state index is 0.143. The Balaban J connectivity index is 1.70. The van der Waals surface area contributed by atoms with Crippen LogP contribution in [0.4, 0.5) is 0 Å². The maximum absolute atomic E-state index is 12.5. The molecule has 3 rings (SSSR count). The summed E-state index contributed by atoms with van der Waals surface area (Å²) in [5.74, 6) is -0.371. The van der Waals surface area contributed by atoms with Crippen LogP contribution in [0, 0.1) is 0 Å². The summed E-state index contributed by atoms with van der Waals surface area (Å²) in [6, 6.07) is 18.9. The van der Waals surface area contributed by atoms with Crippen molar-refractivity contribution in [3.63, 3.8) is 0 Å². The van der Waals surface area contributed by atoms with Crippen molar-refractivity contribution in [3.8, 4) is 0 Å². The summed E-state index contributed by atoms with van der Waals surface area (Å²) in [7, 11) is -3.44. The zero-order chi connectivity index (χ0) is 18.6. The first-order valence-electron chi connectivity index (χ1n) is 7.83. The summed E-state index contributed by atoms with van der Waals surface area (Å²) in [4.78, 5) is 13.7. The van der Waals surface area contributed by atoms with E-state index in [0.29, 0.717) is 17.7 Å². The molecule has 2 aromatic carbocycles. The van der Waals surface area contributed by atoms with Crippen LogP contribution < -0.4 is 5.32 Å². The maximum atomic E-state index is 12.5. The first-order valence-corrected chi connectivity index (χ1v) is 11.1. The average Bonchev–Trinajstić information content (AvgIpc) is 3.05. The van der Waals surface area contributed by atoms with Crippen LogP contribution in [0.5, 0.6) is 0 Å². The first kappa shape index (κ1) is 18.8. The molecule has 0 fully saturated rings. The van der Waals surface area contributed by atoms with Crippen molar-refractivity contribution in [3.05, 3.63) is 86.5 Å². The molecule has 134 valence electrons. The molecule has 26 heavy (non-hydrogen) atoms. The monoisotopic (exact) mass is 449 g/mol. The molecule has 1 N–H and O–H groups in total. The molecule has 0 aliphatic heterocycles. The molecule has 1 heterocycles. The average molecular weight is 450 g/mol. The zero-order valence-electron chi connectivity index (χ0n) is 13.7. The van der Waals surface area contributed by atoms with Crippen LogP contribution in [0.2, 0.25) is 0 Å². The Kier molecular flexibility index (Phi) is 5.90. The Morgan fingerprint density at radius 3 is 2.46 bits per heavy atom. The van der Waals surface area contributed by atoms with Gasteiger partial charge >= 0.3 is 0 Å². The van der Waals surface area contributed by atoms with Crippen LogP contribution in [0.1, 0.15) is 20.8 Å². The maximum Gasteiger partial charge on any atom is 0.251 e. The SMILES string of the molecule is O=C(NCc1ccc(Br)s1)c1cccc(CS(=O)(=O)c2ccccc2)c1. The number of hydrogen-bond acceptors (Lipinski definition) is 4. The highest BCUT2D eigenvalue weighted by Gasteiger charge is 2.16. The molecule has 0 unspecified atom stereocenters. The van der Waals surface area contributed by atoms with E-state index >= 15 is 0 Å². The molecule has 0 radical (unpaired) electrons. The van der Waals surface area contributed by atoms with E-state index in [1.165, 1.54) is 0 Å². The molecule has 0 aliphatic rings.